The molecule has 1 aromatic rings. The van der Waals surface area contributed by atoms with Crippen LogP contribution in [0.1, 0.15) is 25.2 Å². The number of aliphatic hydroxyl groups excluding tert-OH is 1. The van der Waals surface area contributed by atoms with Gasteiger partial charge in [0, 0.05) is 13.0 Å². The van der Waals surface area contributed by atoms with Crippen LogP contribution in [0.3, 0.4) is 0 Å². The third kappa shape index (κ3) is 3.13. The Hall–Kier alpha value is -0.750. The Morgan fingerprint density at radius 2 is 2.00 bits per heavy atom. The Balaban J connectivity index is 3.01. The number of hydrogen-bond acceptors (Lipinski definition) is 2. The van der Waals surface area contributed by atoms with Crippen molar-refractivity contribution in [2.75, 3.05) is 0 Å². The summed E-state index contributed by atoms with van der Waals surface area (Å²) in [6.07, 6.45) is -7.07. The molecule has 1 aromatic heterocycles. The molecule has 3 nitrogen and oxygen atoms in total. The van der Waals surface area contributed by atoms with Crippen LogP contribution in [0.2, 0.25) is 5.02 Å². The molecule has 0 bridgehead atoms. The zero-order chi connectivity index (χ0) is 13.2. The van der Waals surface area contributed by atoms with Crippen LogP contribution >= 0.6 is 11.6 Å². The summed E-state index contributed by atoms with van der Waals surface area (Å²) in [7, 11) is 0. The minimum Gasteiger partial charge on any atom is -0.383 e. The number of aryl methyl sites for hydroxylation is 2. The standard InChI is InChI=1S/C10H14ClF3N2O/c1-3-6-9(11)7(16(4-2)15-6)5-8(17)10(12,13)14/h8,17H,3-5H2,1-2H3/t8-/m1/s1. The second-order valence-electron chi connectivity index (χ2n) is 3.64. The second-order valence-corrected chi connectivity index (χ2v) is 4.02. The van der Waals surface area contributed by atoms with Crippen LogP contribution in [0.4, 0.5) is 13.2 Å². The summed E-state index contributed by atoms with van der Waals surface area (Å²) in [6, 6.07) is 0. The Morgan fingerprint density at radius 3 is 2.41 bits per heavy atom. The first kappa shape index (κ1) is 14.3. The molecule has 0 aromatic carbocycles. The van der Waals surface area contributed by atoms with E-state index in [1.807, 2.05) is 6.92 Å². The molecular formula is C10H14ClF3N2O. The highest BCUT2D eigenvalue weighted by atomic mass is 35.5. The van der Waals surface area contributed by atoms with Gasteiger partial charge < -0.3 is 5.11 Å². The van der Waals surface area contributed by atoms with Crippen molar-refractivity contribution in [1.82, 2.24) is 9.78 Å². The molecule has 1 heterocycles. The van der Waals surface area contributed by atoms with Gasteiger partial charge in [0.15, 0.2) is 6.10 Å². The van der Waals surface area contributed by atoms with E-state index in [0.717, 1.165) is 0 Å². The molecule has 0 unspecified atom stereocenters. The molecular weight excluding hydrogens is 257 g/mol. The van der Waals surface area contributed by atoms with E-state index in [1.54, 1.807) is 6.92 Å². The van der Waals surface area contributed by atoms with Gasteiger partial charge in [-0.2, -0.15) is 18.3 Å². The zero-order valence-corrected chi connectivity index (χ0v) is 10.3. The van der Waals surface area contributed by atoms with E-state index in [0.29, 0.717) is 18.7 Å². The van der Waals surface area contributed by atoms with Crippen molar-refractivity contribution in [2.45, 2.75) is 45.5 Å². The van der Waals surface area contributed by atoms with E-state index in [4.69, 9.17) is 16.7 Å². The molecule has 1 N–H and O–H groups in total. The lowest BCUT2D eigenvalue weighted by Crippen LogP contribution is -2.31. The maximum Gasteiger partial charge on any atom is 0.414 e. The van der Waals surface area contributed by atoms with Crippen molar-refractivity contribution in [3.63, 3.8) is 0 Å². The van der Waals surface area contributed by atoms with Crippen molar-refractivity contribution in [2.24, 2.45) is 0 Å². The van der Waals surface area contributed by atoms with Crippen molar-refractivity contribution >= 4 is 11.6 Å². The summed E-state index contributed by atoms with van der Waals surface area (Å²) < 4.78 is 38.2. The third-order valence-corrected chi connectivity index (χ3v) is 2.89. The van der Waals surface area contributed by atoms with Crippen LogP contribution in [0, 0.1) is 0 Å². The van der Waals surface area contributed by atoms with Crippen molar-refractivity contribution in [3.05, 3.63) is 16.4 Å². The minimum atomic E-state index is -4.64. The van der Waals surface area contributed by atoms with E-state index in [-0.39, 0.29) is 10.7 Å². The van der Waals surface area contributed by atoms with Crippen molar-refractivity contribution < 1.29 is 18.3 Å². The first-order valence-electron chi connectivity index (χ1n) is 5.30. The van der Waals surface area contributed by atoms with E-state index < -0.39 is 18.7 Å². The first-order chi connectivity index (χ1) is 7.81. The molecule has 0 saturated carbocycles. The van der Waals surface area contributed by atoms with Gasteiger partial charge in [0.1, 0.15) is 0 Å². The summed E-state index contributed by atoms with van der Waals surface area (Å²) in [4.78, 5) is 0. The van der Waals surface area contributed by atoms with Gasteiger partial charge in [0.25, 0.3) is 0 Å². The molecule has 0 aliphatic rings. The number of nitrogens with zero attached hydrogens (tertiary/aromatic N) is 2. The van der Waals surface area contributed by atoms with Gasteiger partial charge in [-0.05, 0) is 13.3 Å². The smallest absolute Gasteiger partial charge is 0.383 e. The molecule has 0 spiro atoms. The van der Waals surface area contributed by atoms with Gasteiger partial charge in [-0.1, -0.05) is 18.5 Å². The average molecular weight is 271 g/mol. The van der Waals surface area contributed by atoms with Crippen LogP contribution < -0.4 is 0 Å². The molecule has 0 radical (unpaired) electrons. The molecule has 98 valence electrons. The van der Waals surface area contributed by atoms with Crippen LogP contribution in [0.15, 0.2) is 0 Å². The minimum absolute atomic E-state index is 0.220. The highest BCUT2D eigenvalue weighted by Gasteiger charge is 2.39. The number of hydrogen-bond donors (Lipinski definition) is 1. The van der Waals surface area contributed by atoms with E-state index in [1.165, 1.54) is 4.68 Å². The van der Waals surface area contributed by atoms with Crippen molar-refractivity contribution in [3.8, 4) is 0 Å². The molecule has 0 fully saturated rings. The number of rotatable bonds is 4. The maximum absolute atomic E-state index is 12.3. The quantitative estimate of drug-likeness (QED) is 0.913. The zero-order valence-electron chi connectivity index (χ0n) is 9.55. The highest BCUT2D eigenvalue weighted by molar-refractivity contribution is 6.31. The van der Waals surface area contributed by atoms with Gasteiger partial charge in [0.2, 0.25) is 0 Å². The molecule has 7 heteroatoms. The number of aliphatic hydroxyl groups is 1. The summed E-state index contributed by atoms with van der Waals surface area (Å²) >= 11 is 5.94. The van der Waals surface area contributed by atoms with Crippen molar-refractivity contribution in [1.29, 1.82) is 0 Å². The van der Waals surface area contributed by atoms with Crippen LogP contribution in [0.5, 0.6) is 0 Å². The summed E-state index contributed by atoms with van der Waals surface area (Å²) in [6.45, 7) is 3.99. The molecule has 1 rings (SSSR count). The fourth-order valence-corrected chi connectivity index (χ4v) is 1.86. The first-order valence-corrected chi connectivity index (χ1v) is 5.67. The molecule has 1 atom stereocenters. The molecule has 17 heavy (non-hydrogen) atoms. The lowest BCUT2D eigenvalue weighted by atomic mass is 10.1. The Morgan fingerprint density at radius 1 is 1.41 bits per heavy atom. The normalized spacial score (nSPS) is 14.1. The molecule has 0 aliphatic heterocycles. The Kier molecular flexibility index (Phi) is 4.43. The van der Waals surface area contributed by atoms with Crippen LogP contribution in [-0.2, 0) is 19.4 Å². The number of halogens is 4. The number of aromatic nitrogens is 2. The highest BCUT2D eigenvalue weighted by Crippen LogP contribution is 2.28. The van der Waals surface area contributed by atoms with Gasteiger partial charge in [-0.15, -0.1) is 0 Å². The predicted molar refractivity (Wildman–Crippen MR) is 58.1 cm³/mol. The van der Waals surface area contributed by atoms with Gasteiger partial charge >= 0.3 is 6.18 Å². The van der Waals surface area contributed by atoms with E-state index in [2.05, 4.69) is 5.10 Å². The average Bonchev–Trinajstić information content (AvgIpc) is 2.54. The SMILES string of the molecule is CCc1nn(CC)c(C[C@@H](O)C(F)(F)F)c1Cl. The van der Waals surface area contributed by atoms with Gasteiger partial charge in [-0.3, -0.25) is 4.68 Å². The van der Waals surface area contributed by atoms with Gasteiger partial charge in [-0.25, -0.2) is 0 Å². The maximum atomic E-state index is 12.3. The monoisotopic (exact) mass is 270 g/mol. The van der Waals surface area contributed by atoms with Crippen LogP contribution in [0.25, 0.3) is 0 Å². The summed E-state index contributed by atoms with van der Waals surface area (Å²) in [5.74, 6) is 0. The van der Waals surface area contributed by atoms with Gasteiger partial charge in [0.05, 0.1) is 16.4 Å². The van der Waals surface area contributed by atoms with E-state index in [9.17, 15) is 13.2 Å². The summed E-state index contributed by atoms with van der Waals surface area (Å²) in [5.41, 5.74) is 0.786. The third-order valence-electron chi connectivity index (χ3n) is 2.46. The second kappa shape index (κ2) is 5.27. The lowest BCUT2D eigenvalue weighted by molar-refractivity contribution is -0.203. The van der Waals surface area contributed by atoms with Crippen LogP contribution in [-0.4, -0.2) is 27.2 Å². The lowest BCUT2D eigenvalue weighted by Gasteiger charge is -2.15. The Labute approximate surface area is 102 Å². The number of alkyl halides is 3. The summed E-state index contributed by atoms with van der Waals surface area (Å²) in [5, 5.41) is 13.3. The fraction of sp³-hybridized carbons (Fsp3) is 0.700. The molecule has 0 amide bonds. The molecule has 0 aliphatic carbocycles. The topological polar surface area (TPSA) is 38.0 Å². The van der Waals surface area contributed by atoms with E-state index >= 15 is 0 Å². The predicted octanol–water partition coefficient (Wildman–Crippen LogP) is 2.58. The molecule has 0 saturated heterocycles. The largest absolute Gasteiger partial charge is 0.414 e. The Bertz CT molecular complexity index is 390. The fourth-order valence-electron chi connectivity index (χ4n) is 1.51.